The molecule has 0 aromatic carbocycles. The molecule has 0 aromatic heterocycles. The van der Waals surface area contributed by atoms with Crippen LogP contribution in [0.2, 0.25) is 0 Å². The Bertz CT molecular complexity index is 117. The van der Waals surface area contributed by atoms with E-state index in [2.05, 4.69) is 0 Å². The van der Waals surface area contributed by atoms with Gasteiger partial charge in [0.05, 0.1) is 5.92 Å². The average molecular weight is 182 g/mol. The molecule has 74 valence electrons. The van der Waals surface area contributed by atoms with Gasteiger partial charge in [-0.3, -0.25) is 0 Å². The van der Waals surface area contributed by atoms with E-state index in [1.807, 2.05) is 13.8 Å². The fourth-order valence-corrected chi connectivity index (χ4v) is 0.902. The van der Waals surface area contributed by atoms with Crippen molar-refractivity contribution in [2.45, 2.75) is 46.2 Å². The maximum atomic E-state index is 12.0. The van der Waals surface area contributed by atoms with Gasteiger partial charge >= 0.3 is 6.18 Å². The standard InChI is InChI=1S/C9H17F3/c1-4-7(2)5-6-8(3)9(10,11)12/h7-8H,4-6H2,1-3H3/t7?,8-/m0/s1. The van der Waals surface area contributed by atoms with Crippen LogP contribution >= 0.6 is 0 Å². The van der Waals surface area contributed by atoms with Crippen molar-refractivity contribution in [2.75, 3.05) is 0 Å². The molecule has 0 aliphatic rings. The van der Waals surface area contributed by atoms with E-state index in [-0.39, 0.29) is 6.42 Å². The Kier molecular flexibility index (Phi) is 4.64. The molecule has 0 heterocycles. The highest BCUT2D eigenvalue weighted by atomic mass is 19.4. The zero-order valence-electron chi connectivity index (χ0n) is 7.91. The Labute approximate surface area is 72.2 Å². The highest BCUT2D eigenvalue weighted by molar-refractivity contribution is 4.63. The summed E-state index contributed by atoms with van der Waals surface area (Å²) in [4.78, 5) is 0. The second kappa shape index (κ2) is 4.73. The first-order valence-corrected chi connectivity index (χ1v) is 4.44. The van der Waals surface area contributed by atoms with Gasteiger partial charge in [0.25, 0.3) is 0 Å². The van der Waals surface area contributed by atoms with Crippen molar-refractivity contribution in [1.29, 1.82) is 0 Å². The minimum Gasteiger partial charge on any atom is -0.171 e. The first-order valence-electron chi connectivity index (χ1n) is 4.44. The zero-order chi connectivity index (χ0) is 9.78. The summed E-state index contributed by atoms with van der Waals surface area (Å²) in [6.07, 6.45) is -2.10. The van der Waals surface area contributed by atoms with Crippen LogP contribution in [0.15, 0.2) is 0 Å². The average Bonchev–Trinajstić information content (AvgIpc) is 1.97. The highest BCUT2D eigenvalue weighted by Crippen LogP contribution is 2.30. The van der Waals surface area contributed by atoms with Crippen molar-refractivity contribution in [2.24, 2.45) is 11.8 Å². The van der Waals surface area contributed by atoms with Crippen molar-refractivity contribution in [3.8, 4) is 0 Å². The van der Waals surface area contributed by atoms with Crippen LogP contribution in [-0.2, 0) is 0 Å². The van der Waals surface area contributed by atoms with Crippen molar-refractivity contribution >= 4 is 0 Å². The van der Waals surface area contributed by atoms with Crippen molar-refractivity contribution < 1.29 is 13.2 Å². The Hall–Kier alpha value is -0.210. The number of halogens is 3. The smallest absolute Gasteiger partial charge is 0.171 e. The molecule has 0 fully saturated rings. The molecule has 2 atom stereocenters. The van der Waals surface area contributed by atoms with Crippen LogP contribution in [0.3, 0.4) is 0 Å². The van der Waals surface area contributed by atoms with Crippen LogP contribution in [0.4, 0.5) is 13.2 Å². The van der Waals surface area contributed by atoms with Gasteiger partial charge in [0.2, 0.25) is 0 Å². The molecular weight excluding hydrogens is 165 g/mol. The maximum Gasteiger partial charge on any atom is 0.391 e. The Morgan fingerprint density at radius 3 is 1.92 bits per heavy atom. The molecule has 0 N–H and O–H groups in total. The molecule has 0 radical (unpaired) electrons. The molecule has 1 unspecified atom stereocenters. The van der Waals surface area contributed by atoms with E-state index in [0.29, 0.717) is 12.3 Å². The Morgan fingerprint density at radius 2 is 1.58 bits per heavy atom. The van der Waals surface area contributed by atoms with Crippen LogP contribution in [-0.4, -0.2) is 6.18 Å². The quantitative estimate of drug-likeness (QED) is 0.616. The van der Waals surface area contributed by atoms with Gasteiger partial charge in [0, 0.05) is 0 Å². The minimum absolute atomic E-state index is 0.262. The van der Waals surface area contributed by atoms with Crippen LogP contribution in [0, 0.1) is 11.8 Å². The molecule has 0 spiro atoms. The summed E-state index contributed by atoms with van der Waals surface area (Å²) in [5, 5.41) is 0. The number of hydrogen-bond acceptors (Lipinski definition) is 0. The molecule has 12 heavy (non-hydrogen) atoms. The predicted octanol–water partition coefficient (Wildman–Crippen LogP) is 4.01. The van der Waals surface area contributed by atoms with E-state index in [1.165, 1.54) is 6.92 Å². The summed E-state index contributed by atoms with van der Waals surface area (Å²) in [6, 6.07) is 0. The van der Waals surface area contributed by atoms with E-state index in [9.17, 15) is 13.2 Å². The van der Waals surface area contributed by atoms with Gasteiger partial charge in [-0.1, -0.05) is 33.6 Å². The summed E-state index contributed by atoms with van der Waals surface area (Å²) in [5.74, 6) is -0.735. The molecule has 0 rings (SSSR count). The maximum absolute atomic E-state index is 12.0. The van der Waals surface area contributed by atoms with E-state index < -0.39 is 12.1 Å². The summed E-state index contributed by atoms with van der Waals surface area (Å²) in [5.41, 5.74) is 0. The van der Waals surface area contributed by atoms with Gasteiger partial charge in [-0.05, 0) is 12.3 Å². The molecule has 0 amide bonds. The van der Waals surface area contributed by atoms with Gasteiger partial charge in [-0.15, -0.1) is 0 Å². The topological polar surface area (TPSA) is 0 Å². The minimum atomic E-state index is -4.01. The number of rotatable bonds is 4. The van der Waals surface area contributed by atoms with Crippen molar-refractivity contribution in [3.63, 3.8) is 0 Å². The van der Waals surface area contributed by atoms with Gasteiger partial charge in [0.15, 0.2) is 0 Å². The number of alkyl halides is 3. The molecular formula is C9H17F3. The lowest BCUT2D eigenvalue weighted by atomic mass is 9.96. The molecule has 0 saturated carbocycles. The second-order valence-corrected chi connectivity index (χ2v) is 3.53. The zero-order valence-corrected chi connectivity index (χ0v) is 7.91. The molecule has 0 saturated heterocycles. The van der Waals surface area contributed by atoms with Crippen LogP contribution in [0.1, 0.15) is 40.0 Å². The van der Waals surface area contributed by atoms with Gasteiger partial charge in [0.1, 0.15) is 0 Å². The summed E-state index contributed by atoms with van der Waals surface area (Å²) in [6.45, 7) is 5.24. The first kappa shape index (κ1) is 11.8. The van der Waals surface area contributed by atoms with Crippen molar-refractivity contribution in [3.05, 3.63) is 0 Å². The summed E-state index contributed by atoms with van der Waals surface area (Å²) < 4.78 is 36.0. The van der Waals surface area contributed by atoms with Crippen LogP contribution in [0.5, 0.6) is 0 Å². The Morgan fingerprint density at radius 1 is 1.08 bits per heavy atom. The third-order valence-corrected chi connectivity index (χ3v) is 2.35. The SMILES string of the molecule is CCC(C)CC[C@H](C)C(F)(F)F. The Balaban J connectivity index is 3.64. The molecule has 0 aliphatic carbocycles. The number of hydrogen-bond donors (Lipinski definition) is 0. The second-order valence-electron chi connectivity index (χ2n) is 3.53. The molecule has 0 aliphatic heterocycles. The van der Waals surface area contributed by atoms with E-state index >= 15 is 0 Å². The molecule has 0 bridgehead atoms. The van der Waals surface area contributed by atoms with E-state index in [1.54, 1.807) is 0 Å². The third kappa shape index (κ3) is 4.62. The van der Waals surface area contributed by atoms with Crippen LogP contribution < -0.4 is 0 Å². The fourth-order valence-electron chi connectivity index (χ4n) is 0.902. The van der Waals surface area contributed by atoms with Gasteiger partial charge in [-0.25, -0.2) is 0 Å². The highest BCUT2D eigenvalue weighted by Gasteiger charge is 2.35. The third-order valence-electron chi connectivity index (χ3n) is 2.35. The lowest BCUT2D eigenvalue weighted by molar-refractivity contribution is -0.171. The predicted molar refractivity (Wildman–Crippen MR) is 43.9 cm³/mol. The van der Waals surface area contributed by atoms with E-state index in [4.69, 9.17) is 0 Å². The summed E-state index contributed by atoms with van der Waals surface area (Å²) in [7, 11) is 0. The van der Waals surface area contributed by atoms with E-state index in [0.717, 1.165) is 6.42 Å². The summed E-state index contributed by atoms with van der Waals surface area (Å²) >= 11 is 0. The van der Waals surface area contributed by atoms with Crippen molar-refractivity contribution in [1.82, 2.24) is 0 Å². The first-order chi connectivity index (χ1) is 5.38. The monoisotopic (exact) mass is 182 g/mol. The lowest BCUT2D eigenvalue weighted by Gasteiger charge is -2.17. The van der Waals surface area contributed by atoms with Crippen LogP contribution in [0.25, 0.3) is 0 Å². The molecule has 3 heteroatoms. The normalized spacial score (nSPS) is 17.5. The molecule has 0 aromatic rings. The fraction of sp³-hybridized carbons (Fsp3) is 1.00. The lowest BCUT2D eigenvalue weighted by Crippen LogP contribution is -2.20. The van der Waals surface area contributed by atoms with Gasteiger partial charge in [-0.2, -0.15) is 13.2 Å². The molecule has 0 nitrogen and oxygen atoms in total. The van der Waals surface area contributed by atoms with Gasteiger partial charge < -0.3 is 0 Å². The largest absolute Gasteiger partial charge is 0.391 e.